The van der Waals surface area contributed by atoms with Crippen molar-refractivity contribution in [1.29, 1.82) is 0 Å². The van der Waals surface area contributed by atoms with E-state index in [-0.39, 0.29) is 18.3 Å². The zero-order valence-corrected chi connectivity index (χ0v) is 15.7. The average Bonchev–Trinajstić information content (AvgIpc) is 2.58. The number of hydrogen-bond acceptors (Lipinski definition) is 4. The van der Waals surface area contributed by atoms with Crippen LogP contribution in [0, 0.1) is 13.8 Å². The molecule has 132 valence electrons. The van der Waals surface area contributed by atoms with E-state index < -0.39 is 5.97 Å². The molecule has 25 heavy (non-hydrogen) atoms. The van der Waals surface area contributed by atoms with Gasteiger partial charge in [-0.2, -0.15) is 0 Å². The van der Waals surface area contributed by atoms with Crippen molar-refractivity contribution < 1.29 is 14.3 Å². The van der Waals surface area contributed by atoms with Crippen molar-refractivity contribution >= 4 is 40.9 Å². The lowest BCUT2D eigenvalue weighted by atomic mass is 10.2. The van der Waals surface area contributed by atoms with Crippen LogP contribution in [0.25, 0.3) is 0 Å². The van der Waals surface area contributed by atoms with Crippen LogP contribution in [0.5, 0.6) is 0 Å². The minimum atomic E-state index is -0.407. The number of carbonyl (C=O) groups excluding carboxylic acids is 2. The lowest BCUT2D eigenvalue weighted by molar-refractivity contribution is -0.144. The molecule has 0 aliphatic carbocycles. The van der Waals surface area contributed by atoms with E-state index in [1.54, 1.807) is 12.1 Å². The van der Waals surface area contributed by atoms with Crippen LogP contribution in [0.4, 0.5) is 5.69 Å². The van der Waals surface area contributed by atoms with Crippen molar-refractivity contribution in [2.45, 2.75) is 19.6 Å². The number of carbonyl (C=O) groups is 2. The van der Waals surface area contributed by atoms with Gasteiger partial charge in [-0.15, -0.1) is 11.8 Å². The summed E-state index contributed by atoms with van der Waals surface area (Å²) < 4.78 is 5.00. The third-order valence-electron chi connectivity index (χ3n) is 3.45. The quantitative estimate of drug-likeness (QED) is 0.728. The highest BCUT2D eigenvalue weighted by Crippen LogP contribution is 2.20. The maximum Gasteiger partial charge on any atom is 0.316 e. The first kappa shape index (κ1) is 19.3. The Bertz CT molecular complexity index is 747. The smallest absolute Gasteiger partial charge is 0.316 e. The molecule has 0 radical (unpaired) electrons. The number of anilines is 1. The Morgan fingerprint density at radius 2 is 1.84 bits per heavy atom. The summed E-state index contributed by atoms with van der Waals surface area (Å²) in [5.41, 5.74) is 3.85. The molecule has 0 heterocycles. The molecule has 0 unspecified atom stereocenters. The van der Waals surface area contributed by atoms with Crippen molar-refractivity contribution in [3.63, 3.8) is 0 Å². The molecular weight excluding hydrogens is 358 g/mol. The van der Waals surface area contributed by atoms with Gasteiger partial charge < -0.3 is 10.1 Å². The highest BCUT2D eigenvalue weighted by Gasteiger charge is 2.09. The number of thioether (sulfide) groups is 1. The Labute approximate surface area is 156 Å². The SMILES string of the molecule is Cc1ccc(CSCC(=O)OCC(=O)Nc2cc(Cl)ccc2C)cc1. The van der Waals surface area contributed by atoms with Gasteiger partial charge in [-0.3, -0.25) is 9.59 Å². The first-order valence-corrected chi connectivity index (χ1v) is 9.32. The van der Waals surface area contributed by atoms with Crippen LogP contribution in [0.3, 0.4) is 0 Å². The molecule has 1 N–H and O–H groups in total. The predicted molar refractivity (Wildman–Crippen MR) is 103 cm³/mol. The van der Waals surface area contributed by atoms with E-state index in [1.807, 2.05) is 44.2 Å². The molecule has 2 rings (SSSR count). The number of hydrogen-bond donors (Lipinski definition) is 1. The van der Waals surface area contributed by atoms with E-state index in [4.69, 9.17) is 16.3 Å². The molecule has 6 heteroatoms. The van der Waals surface area contributed by atoms with Crippen molar-refractivity contribution in [2.24, 2.45) is 0 Å². The first-order valence-electron chi connectivity index (χ1n) is 7.79. The lowest BCUT2D eigenvalue weighted by Crippen LogP contribution is -2.22. The molecule has 0 saturated carbocycles. The third kappa shape index (κ3) is 6.80. The Hall–Kier alpha value is -1.98. The van der Waals surface area contributed by atoms with Crippen molar-refractivity contribution in [1.82, 2.24) is 0 Å². The summed E-state index contributed by atoms with van der Waals surface area (Å²) in [4.78, 5) is 23.6. The molecule has 4 nitrogen and oxygen atoms in total. The molecule has 2 aromatic rings. The summed E-state index contributed by atoms with van der Waals surface area (Å²) >= 11 is 7.36. The Morgan fingerprint density at radius 3 is 2.56 bits per heavy atom. The molecule has 2 aromatic carbocycles. The highest BCUT2D eigenvalue weighted by molar-refractivity contribution is 7.99. The van der Waals surface area contributed by atoms with Gasteiger partial charge in [0.1, 0.15) is 0 Å². The van der Waals surface area contributed by atoms with Gasteiger partial charge in [0.15, 0.2) is 6.61 Å². The summed E-state index contributed by atoms with van der Waals surface area (Å²) in [6, 6.07) is 13.4. The van der Waals surface area contributed by atoms with Crippen molar-refractivity contribution in [2.75, 3.05) is 17.7 Å². The first-order chi connectivity index (χ1) is 11.9. The second-order valence-electron chi connectivity index (χ2n) is 5.65. The van der Waals surface area contributed by atoms with E-state index in [9.17, 15) is 9.59 Å². The normalized spacial score (nSPS) is 10.4. The number of halogens is 1. The van der Waals surface area contributed by atoms with Crippen LogP contribution in [-0.2, 0) is 20.1 Å². The van der Waals surface area contributed by atoms with Gasteiger partial charge in [-0.05, 0) is 37.1 Å². The molecule has 0 saturated heterocycles. The summed E-state index contributed by atoms with van der Waals surface area (Å²) in [6.07, 6.45) is 0. The minimum absolute atomic E-state index is 0.206. The van der Waals surface area contributed by atoms with Crippen LogP contribution in [0.2, 0.25) is 5.02 Å². The number of esters is 1. The van der Waals surface area contributed by atoms with Crippen molar-refractivity contribution in [3.8, 4) is 0 Å². The Kier molecular flexibility index (Phi) is 7.34. The van der Waals surface area contributed by atoms with E-state index >= 15 is 0 Å². The van der Waals surface area contributed by atoms with Gasteiger partial charge in [-0.1, -0.05) is 47.5 Å². The van der Waals surface area contributed by atoms with Gasteiger partial charge in [0.2, 0.25) is 0 Å². The molecule has 0 aromatic heterocycles. The molecule has 0 spiro atoms. The van der Waals surface area contributed by atoms with E-state index in [0.717, 1.165) is 16.9 Å². The number of amides is 1. The lowest BCUT2D eigenvalue weighted by Gasteiger charge is -2.09. The summed E-state index contributed by atoms with van der Waals surface area (Å²) in [6.45, 7) is 3.58. The average molecular weight is 378 g/mol. The maximum absolute atomic E-state index is 11.9. The molecule has 1 amide bonds. The van der Waals surface area contributed by atoms with Gasteiger partial charge in [0.25, 0.3) is 5.91 Å². The fourth-order valence-electron chi connectivity index (χ4n) is 2.04. The summed E-state index contributed by atoms with van der Waals surface area (Å²) in [7, 11) is 0. The van der Waals surface area contributed by atoms with Crippen molar-refractivity contribution in [3.05, 3.63) is 64.2 Å². The standard InChI is InChI=1S/C19H20ClNO3S/c1-13-3-6-15(7-4-13)11-25-12-19(23)24-10-18(22)21-17-9-16(20)8-5-14(17)2/h3-9H,10-12H2,1-2H3,(H,21,22). The van der Waals surface area contributed by atoms with Crippen LogP contribution in [0.15, 0.2) is 42.5 Å². The summed E-state index contributed by atoms with van der Waals surface area (Å²) in [5, 5.41) is 3.22. The van der Waals surface area contributed by atoms with Crippen LogP contribution in [-0.4, -0.2) is 24.2 Å². The van der Waals surface area contributed by atoms with Gasteiger partial charge >= 0.3 is 5.97 Å². The monoisotopic (exact) mass is 377 g/mol. The number of nitrogens with one attached hydrogen (secondary N) is 1. The fourth-order valence-corrected chi connectivity index (χ4v) is 2.99. The van der Waals surface area contributed by atoms with Crippen LogP contribution < -0.4 is 5.32 Å². The van der Waals surface area contributed by atoms with Crippen LogP contribution in [0.1, 0.15) is 16.7 Å². The Morgan fingerprint density at radius 1 is 1.12 bits per heavy atom. The van der Waals surface area contributed by atoms with Crippen LogP contribution >= 0.6 is 23.4 Å². The number of benzene rings is 2. The molecule has 0 fully saturated rings. The van der Waals surface area contributed by atoms with E-state index in [2.05, 4.69) is 5.32 Å². The molecular formula is C19H20ClNO3S. The Balaban J connectivity index is 1.69. The second kappa shape index (κ2) is 9.49. The highest BCUT2D eigenvalue weighted by atomic mass is 35.5. The third-order valence-corrected chi connectivity index (χ3v) is 4.66. The topological polar surface area (TPSA) is 55.4 Å². The zero-order valence-electron chi connectivity index (χ0n) is 14.2. The van der Waals surface area contributed by atoms with Gasteiger partial charge in [0.05, 0.1) is 5.75 Å². The number of ether oxygens (including phenoxy) is 1. The van der Waals surface area contributed by atoms with E-state index in [1.165, 1.54) is 17.3 Å². The molecule has 0 atom stereocenters. The van der Waals surface area contributed by atoms with E-state index in [0.29, 0.717) is 10.7 Å². The minimum Gasteiger partial charge on any atom is -0.455 e. The maximum atomic E-state index is 11.9. The predicted octanol–water partition coefficient (Wildman–Crippen LogP) is 4.37. The zero-order chi connectivity index (χ0) is 18.2. The second-order valence-corrected chi connectivity index (χ2v) is 7.07. The molecule has 0 aliphatic rings. The van der Waals surface area contributed by atoms with Gasteiger partial charge in [0, 0.05) is 16.5 Å². The molecule has 0 aliphatic heterocycles. The fraction of sp³-hybridized carbons (Fsp3) is 0.263. The number of aryl methyl sites for hydroxylation is 2. The number of rotatable bonds is 7. The van der Waals surface area contributed by atoms with Gasteiger partial charge in [-0.25, -0.2) is 0 Å². The summed E-state index contributed by atoms with van der Waals surface area (Å²) in [5.74, 6) is 0.137. The largest absolute Gasteiger partial charge is 0.455 e. The molecule has 0 bridgehead atoms.